The van der Waals surface area contributed by atoms with Crippen LogP contribution in [-0.2, 0) is 6.42 Å². The van der Waals surface area contributed by atoms with Gasteiger partial charge in [0, 0.05) is 31.9 Å². The molecule has 0 radical (unpaired) electrons. The summed E-state index contributed by atoms with van der Waals surface area (Å²) in [5.74, 6) is 0.466. The molecule has 0 unspecified atom stereocenters. The third-order valence-electron chi connectivity index (χ3n) is 3.10. The van der Waals surface area contributed by atoms with Gasteiger partial charge in [0.25, 0.3) is 11.6 Å². The highest BCUT2D eigenvalue weighted by atomic mass is 16.6. The summed E-state index contributed by atoms with van der Waals surface area (Å²) in [4.78, 5) is 26.3. The van der Waals surface area contributed by atoms with E-state index in [4.69, 9.17) is 0 Å². The second-order valence-corrected chi connectivity index (χ2v) is 4.62. The van der Waals surface area contributed by atoms with E-state index in [1.54, 1.807) is 31.3 Å². The van der Waals surface area contributed by atoms with Crippen molar-refractivity contribution in [1.82, 2.24) is 10.3 Å². The Balaban J connectivity index is 1.88. The van der Waals surface area contributed by atoms with Crippen LogP contribution >= 0.6 is 0 Å². The molecule has 0 fully saturated rings. The van der Waals surface area contributed by atoms with Crippen molar-refractivity contribution in [2.75, 3.05) is 18.9 Å². The lowest BCUT2D eigenvalue weighted by atomic mass is 10.1. The number of carbonyl (C=O) groups excluding carboxylic acids is 1. The van der Waals surface area contributed by atoms with Gasteiger partial charge < -0.3 is 10.6 Å². The number of non-ortho nitro benzene ring substituents is 1. The smallest absolute Gasteiger partial charge is 0.269 e. The van der Waals surface area contributed by atoms with Gasteiger partial charge in [-0.3, -0.25) is 14.9 Å². The Bertz CT molecular complexity index is 671. The maximum absolute atomic E-state index is 11.9. The Labute approximate surface area is 127 Å². The van der Waals surface area contributed by atoms with E-state index in [1.165, 1.54) is 18.3 Å². The fraction of sp³-hybridized carbons (Fsp3) is 0.200. The van der Waals surface area contributed by atoms with Crippen LogP contribution in [0.4, 0.5) is 11.5 Å². The average Bonchev–Trinajstić information content (AvgIpc) is 2.55. The summed E-state index contributed by atoms with van der Waals surface area (Å²) in [5.41, 5.74) is 1.33. The van der Waals surface area contributed by atoms with E-state index in [0.717, 1.165) is 5.56 Å². The van der Waals surface area contributed by atoms with Crippen LogP contribution in [0.1, 0.15) is 15.9 Å². The number of nitrogens with zero attached hydrogens (tertiary/aromatic N) is 2. The highest BCUT2D eigenvalue weighted by Crippen LogP contribution is 2.13. The van der Waals surface area contributed by atoms with Crippen LogP contribution in [0.25, 0.3) is 0 Å². The van der Waals surface area contributed by atoms with Crippen molar-refractivity contribution in [2.24, 2.45) is 0 Å². The molecule has 114 valence electrons. The van der Waals surface area contributed by atoms with Gasteiger partial charge in [0.05, 0.1) is 10.5 Å². The summed E-state index contributed by atoms with van der Waals surface area (Å²) in [7, 11) is 1.75. The Morgan fingerprint density at radius 2 is 2.14 bits per heavy atom. The molecule has 2 N–H and O–H groups in total. The number of nitro benzene ring substituents is 1. The van der Waals surface area contributed by atoms with Crippen molar-refractivity contribution < 1.29 is 9.72 Å². The Hall–Kier alpha value is -2.96. The minimum absolute atomic E-state index is 0.0516. The lowest BCUT2D eigenvalue weighted by Crippen LogP contribution is -2.25. The average molecular weight is 300 g/mol. The topological polar surface area (TPSA) is 97.2 Å². The van der Waals surface area contributed by atoms with E-state index in [2.05, 4.69) is 15.6 Å². The monoisotopic (exact) mass is 300 g/mol. The number of rotatable bonds is 6. The number of hydrogen-bond donors (Lipinski definition) is 2. The summed E-state index contributed by atoms with van der Waals surface area (Å²) in [6.07, 6.45) is 2.02. The molecule has 0 bridgehead atoms. The molecule has 0 saturated heterocycles. The molecule has 0 spiro atoms. The molecule has 7 heteroatoms. The minimum atomic E-state index is -0.433. The normalized spacial score (nSPS) is 10.0. The van der Waals surface area contributed by atoms with Gasteiger partial charge >= 0.3 is 0 Å². The molecule has 7 nitrogen and oxygen atoms in total. The Morgan fingerprint density at radius 1 is 1.32 bits per heavy atom. The molecule has 1 amide bonds. The Kier molecular flexibility index (Phi) is 5.02. The van der Waals surface area contributed by atoms with E-state index in [9.17, 15) is 14.9 Å². The maximum atomic E-state index is 11.9. The van der Waals surface area contributed by atoms with E-state index < -0.39 is 4.92 Å². The predicted molar refractivity (Wildman–Crippen MR) is 82.9 cm³/mol. The number of nitrogens with one attached hydrogen (secondary N) is 2. The summed E-state index contributed by atoms with van der Waals surface area (Å²) in [6, 6.07) is 9.78. The second kappa shape index (κ2) is 7.16. The summed E-state index contributed by atoms with van der Waals surface area (Å²) in [6.45, 7) is 0.397. The standard InChI is InChI=1S/C15H16N4O3/c1-16-14-6-5-12(10-18-14)15(20)17-8-7-11-3-2-4-13(9-11)19(21)22/h2-6,9-10H,7-8H2,1H3,(H,16,18)(H,17,20). The Morgan fingerprint density at radius 3 is 2.77 bits per heavy atom. The van der Waals surface area contributed by atoms with Gasteiger partial charge in [0.15, 0.2) is 0 Å². The van der Waals surface area contributed by atoms with Crippen LogP contribution in [0.15, 0.2) is 42.6 Å². The van der Waals surface area contributed by atoms with Crippen LogP contribution in [0.3, 0.4) is 0 Å². The van der Waals surface area contributed by atoms with Crippen LogP contribution in [0.2, 0.25) is 0 Å². The van der Waals surface area contributed by atoms with Gasteiger partial charge in [-0.15, -0.1) is 0 Å². The lowest BCUT2D eigenvalue weighted by molar-refractivity contribution is -0.384. The van der Waals surface area contributed by atoms with Crippen LogP contribution in [0.5, 0.6) is 0 Å². The molecule has 1 heterocycles. The number of hydrogen-bond acceptors (Lipinski definition) is 5. The van der Waals surface area contributed by atoms with Gasteiger partial charge in [-0.05, 0) is 24.1 Å². The molecule has 2 aromatic rings. The molecule has 0 aliphatic heterocycles. The van der Waals surface area contributed by atoms with Crippen molar-refractivity contribution in [3.05, 3.63) is 63.8 Å². The molecule has 2 rings (SSSR count). The van der Waals surface area contributed by atoms with Gasteiger partial charge in [-0.1, -0.05) is 12.1 Å². The number of nitro groups is 1. The van der Waals surface area contributed by atoms with E-state index in [0.29, 0.717) is 24.3 Å². The maximum Gasteiger partial charge on any atom is 0.269 e. The first kappa shape index (κ1) is 15.4. The largest absolute Gasteiger partial charge is 0.373 e. The number of anilines is 1. The highest BCUT2D eigenvalue weighted by Gasteiger charge is 2.07. The van der Waals surface area contributed by atoms with Crippen LogP contribution in [0, 0.1) is 10.1 Å². The van der Waals surface area contributed by atoms with Crippen LogP contribution < -0.4 is 10.6 Å². The summed E-state index contributed by atoms with van der Waals surface area (Å²) >= 11 is 0. The molecule has 1 aromatic carbocycles. The van der Waals surface area contributed by atoms with Gasteiger partial charge in [0.2, 0.25) is 0 Å². The fourth-order valence-electron chi connectivity index (χ4n) is 1.92. The first-order chi connectivity index (χ1) is 10.6. The van der Waals surface area contributed by atoms with Crippen molar-refractivity contribution in [2.45, 2.75) is 6.42 Å². The summed E-state index contributed by atoms with van der Waals surface area (Å²) < 4.78 is 0. The van der Waals surface area contributed by atoms with Gasteiger partial charge in [-0.2, -0.15) is 0 Å². The quantitative estimate of drug-likeness (QED) is 0.628. The summed E-state index contributed by atoms with van der Waals surface area (Å²) in [5, 5.41) is 16.3. The molecule has 0 aliphatic carbocycles. The van der Waals surface area contributed by atoms with Crippen molar-refractivity contribution in [3.8, 4) is 0 Å². The predicted octanol–water partition coefficient (Wildman–Crippen LogP) is 2.00. The zero-order chi connectivity index (χ0) is 15.9. The SMILES string of the molecule is CNc1ccc(C(=O)NCCc2cccc([N+](=O)[O-])c2)cn1. The van der Waals surface area contributed by atoms with E-state index in [1.807, 2.05) is 0 Å². The second-order valence-electron chi connectivity index (χ2n) is 4.62. The first-order valence-corrected chi connectivity index (χ1v) is 6.75. The minimum Gasteiger partial charge on any atom is -0.373 e. The first-order valence-electron chi connectivity index (χ1n) is 6.75. The molecule has 22 heavy (non-hydrogen) atoms. The molecular formula is C15H16N4O3. The third kappa shape index (κ3) is 4.02. The number of carbonyl (C=O) groups is 1. The number of amides is 1. The molecule has 1 aromatic heterocycles. The molecule has 0 atom stereocenters. The lowest BCUT2D eigenvalue weighted by Gasteiger charge is -2.06. The van der Waals surface area contributed by atoms with Crippen molar-refractivity contribution in [3.63, 3.8) is 0 Å². The zero-order valence-electron chi connectivity index (χ0n) is 12.1. The molecular weight excluding hydrogens is 284 g/mol. The fourth-order valence-corrected chi connectivity index (χ4v) is 1.92. The zero-order valence-corrected chi connectivity index (χ0v) is 12.1. The van der Waals surface area contributed by atoms with E-state index in [-0.39, 0.29) is 11.6 Å². The third-order valence-corrected chi connectivity index (χ3v) is 3.10. The van der Waals surface area contributed by atoms with Crippen LogP contribution in [-0.4, -0.2) is 29.4 Å². The van der Waals surface area contributed by atoms with Gasteiger partial charge in [-0.25, -0.2) is 4.98 Å². The van der Waals surface area contributed by atoms with Gasteiger partial charge in [0.1, 0.15) is 5.82 Å². The number of aromatic nitrogens is 1. The molecule has 0 saturated carbocycles. The van der Waals surface area contributed by atoms with Crippen molar-refractivity contribution >= 4 is 17.4 Å². The highest BCUT2D eigenvalue weighted by molar-refractivity contribution is 5.94. The number of benzene rings is 1. The van der Waals surface area contributed by atoms with E-state index >= 15 is 0 Å². The van der Waals surface area contributed by atoms with Crippen molar-refractivity contribution in [1.29, 1.82) is 0 Å². The number of pyridine rings is 1. The molecule has 0 aliphatic rings.